The van der Waals surface area contributed by atoms with Gasteiger partial charge in [0.15, 0.2) is 5.69 Å². The first-order chi connectivity index (χ1) is 12.8. The largest absolute Gasteiger partial charge is 0.433 e. The van der Waals surface area contributed by atoms with Crippen LogP contribution in [0.5, 0.6) is 0 Å². The Balaban J connectivity index is 2.07. The zero-order chi connectivity index (χ0) is 19.3. The van der Waals surface area contributed by atoms with Crippen LogP contribution in [0.2, 0.25) is 0 Å². The topological polar surface area (TPSA) is 67.6 Å². The third kappa shape index (κ3) is 2.87. The summed E-state index contributed by atoms with van der Waals surface area (Å²) in [6.07, 6.45) is -3.44. The molecule has 0 amide bonds. The summed E-state index contributed by atoms with van der Waals surface area (Å²) in [6.45, 7) is 5.31. The molecule has 0 saturated heterocycles. The Bertz CT molecular complexity index is 1140. The van der Waals surface area contributed by atoms with Crippen LogP contribution in [0.3, 0.4) is 0 Å². The van der Waals surface area contributed by atoms with Crippen molar-refractivity contribution in [2.24, 2.45) is 0 Å². The van der Waals surface area contributed by atoms with Crippen molar-refractivity contribution < 1.29 is 17.7 Å². The Morgan fingerprint density at radius 1 is 1.07 bits per heavy atom. The molecule has 0 radical (unpaired) electrons. The van der Waals surface area contributed by atoms with Crippen molar-refractivity contribution in [2.75, 3.05) is 0 Å². The van der Waals surface area contributed by atoms with Gasteiger partial charge < -0.3 is 9.51 Å². The van der Waals surface area contributed by atoms with Gasteiger partial charge in [0.2, 0.25) is 0 Å². The minimum atomic E-state index is -4.58. The van der Waals surface area contributed by atoms with Crippen LogP contribution >= 0.6 is 0 Å². The number of alkyl halides is 3. The number of aromatic amines is 1. The third-order valence-corrected chi connectivity index (χ3v) is 4.39. The quantitative estimate of drug-likeness (QED) is 0.524. The second kappa shape index (κ2) is 5.94. The predicted octanol–water partition coefficient (Wildman–Crippen LogP) is 5.22. The maximum Gasteiger partial charge on any atom is 0.433 e. The van der Waals surface area contributed by atoms with Crippen molar-refractivity contribution in [1.29, 1.82) is 0 Å². The molecule has 138 valence electrons. The van der Waals surface area contributed by atoms with Gasteiger partial charge in [0.1, 0.15) is 11.6 Å². The van der Waals surface area contributed by atoms with Crippen LogP contribution in [0.1, 0.15) is 23.0 Å². The summed E-state index contributed by atoms with van der Waals surface area (Å²) in [5, 5.41) is 3.94. The Hall–Kier alpha value is -3.16. The summed E-state index contributed by atoms with van der Waals surface area (Å²) in [6, 6.07) is 6.42. The molecule has 0 bridgehead atoms. The number of pyridine rings is 1. The number of H-pyrrole nitrogens is 1. The lowest BCUT2D eigenvalue weighted by molar-refractivity contribution is -0.140. The van der Waals surface area contributed by atoms with Gasteiger partial charge in [-0.15, -0.1) is 0 Å². The van der Waals surface area contributed by atoms with Gasteiger partial charge in [-0.3, -0.25) is 4.98 Å². The van der Waals surface area contributed by atoms with Gasteiger partial charge in [0.25, 0.3) is 0 Å². The summed E-state index contributed by atoms with van der Waals surface area (Å²) in [5.74, 6) is 1.20. The normalized spacial score (nSPS) is 12.1. The number of hydrogen-bond acceptors (Lipinski definition) is 4. The first-order valence-electron chi connectivity index (χ1n) is 8.22. The van der Waals surface area contributed by atoms with Gasteiger partial charge >= 0.3 is 6.18 Å². The molecule has 0 unspecified atom stereocenters. The summed E-state index contributed by atoms with van der Waals surface area (Å²) >= 11 is 0. The fourth-order valence-electron chi connectivity index (χ4n) is 3.33. The highest BCUT2D eigenvalue weighted by Crippen LogP contribution is 2.40. The number of aryl methyl sites for hydroxylation is 3. The van der Waals surface area contributed by atoms with E-state index in [1.54, 1.807) is 26.8 Å². The molecule has 8 heteroatoms. The smallest absolute Gasteiger partial charge is 0.361 e. The Morgan fingerprint density at radius 3 is 2.52 bits per heavy atom. The number of nitrogens with zero attached hydrogens (tertiary/aromatic N) is 3. The molecule has 1 N–H and O–H groups in total. The molecule has 3 heterocycles. The fraction of sp³-hybridized carbons (Fsp3) is 0.211. The van der Waals surface area contributed by atoms with Gasteiger partial charge in [0.05, 0.1) is 16.7 Å². The molecule has 0 aliphatic rings. The van der Waals surface area contributed by atoms with E-state index in [0.29, 0.717) is 39.4 Å². The molecule has 0 fully saturated rings. The van der Waals surface area contributed by atoms with E-state index in [2.05, 4.69) is 20.1 Å². The zero-order valence-corrected chi connectivity index (χ0v) is 14.8. The van der Waals surface area contributed by atoms with E-state index >= 15 is 0 Å². The lowest BCUT2D eigenvalue weighted by Crippen LogP contribution is -2.09. The van der Waals surface area contributed by atoms with E-state index in [4.69, 9.17) is 4.52 Å². The molecule has 27 heavy (non-hydrogen) atoms. The molecule has 5 nitrogen and oxygen atoms in total. The van der Waals surface area contributed by atoms with Crippen LogP contribution in [0.25, 0.3) is 33.3 Å². The van der Waals surface area contributed by atoms with E-state index < -0.39 is 11.9 Å². The number of halogens is 3. The maximum absolute atomic E-state index is 13.5. The van der Waals surface area contributed by atoms with Gasteiger partial charge in [-0.1, -0.05) is 11.2 Å². The number of benzene rings is 1. The number of fused-ring (bicyclic) bond motifs is 1. The minimum Gasteiger partial charge on any atom is -0.361 e. The highest BCUT2D eigenvalue weighted by molar-refractivity contribution is 5.97. The standard InChI is InChI=1S/C19H15F3N4O/c1-9-16(10(2)27-26-9)12-7-14(17-15(8-12)24-11(3)25-17)13-5-4-6-23-18(13)19(20,21)22/h4-8H,1-3H3,(H,24,25). The minimum absolute atomic E-state index is 0.0184. The van der Waals surface area contributed by atoms with Crippen LogP contribution in [0.15, 0.2) is 35.0 Å². The van der Waals surface area contributed by atoms with Crippen molar-refractivity contribution in [3.63, 3.8) is 0 Å². The lowest BCUT2D eigenvalue weighted by Gasteiger charge is -2.13. The number of aromatic nitrogens is 4. The van der Waals surface area contributed by atoms with Crippen molar-refractivity contribution >= 4 is 11.0 Å². The van der Waals surface area contributed by atoms with Gasteiger partial charge in [0, 0.05) is 22.9 Å². The molecule has 0 aliphatic heterocycles. The molecular formula is C19H15F3N4O. The zero-order valence-electron chi connectivity index (χ0n) is 14.8. The van der Waals surface area contributed by atoms with Crippen LogP contribution in [-0.2, 0) is 6.18 Å². The molecule has 0 saturated carbocycles. The molecule has 3 aromatic heterocycles. The van der Waals surface area contributed by atoms with Gasteiger partial charge in [-0.05, 0) is 44.5 Å². The van der Waals surface area contributed by atoms with E-state index in [9.17, 15) is 13.2 Å². The second-order valence-corrected chi connectivity index (χ2v) is 6.34. The van der Waals surface area contributed by atoms with Gasteiger partial charge in [-0.25, -0.2) is 4.98 Å². The number of hydrogen-bond donors (Lipinski definition) is 1. The highest BCUT2D eigenvalue weighted by atomic mass is 19.4. The average molecular weight is 372 g/mol. The first-order valence-corrected chi connectivity index (χ1v) is 8.22. The summed E-state index contributed by atoms with van der Waals surface area (Å²) in [4.78, 5) is 11.1. The number of imidazole rings is 1. The Kier molecular flexibility index (Phi) is 3.80. The summed E-state index contributed by atoms with van der Waals surface area (Å²) in [7, 11) is 0. The Morgan fingerprint density at radius 2 is 1.85 bits per heavy atom. The van der Waals surface area contributed by atoms with Crippen LogP contribution < -0.4 is 0 Å². The van der Waals surface area contributed by atoms with E-state index in [-0.39, 0.29) is 5.56 Å². The number of nitrogens with one attached hydrogen (secondary N) is 1. The third-order valence-electron chi connectivity index (χ3n) is 4.39. The van der Waals surface area contributed by atoms with Crippen molar-refractivity contribution in [3.05, 3.63) is 53.4 Å². The lowest BCUT2D eigenvalue weighted by atomic mass is 9.95. The van der Waals surface area contributed by atoms with E-state index in [1.807, 2.05) is 6.07 Å². The summed E-state index contributed by atoms with van der Waals surface area (Å²) in [5.41, 5.74) is 2.61. The second-order valence-electron chi connectivity index (χ2n) is 6.34. The molecule has 1 aromatic carbocycles. The highest BCUT2D eigenvalue weighted by Gasteiger charge is 2.36. The van der Waals surface area contributed by atoms with E-state index in [0.717, 1.165) is 11.8 Å². The fourth-order valence-corrected chi connectivity index (χ4v) is 3.33. The number of rotatable bonds is 2. The van der Waals surface area contributed by atoms with Gasteiger partial charge in [-0.2, -0.15) is 13.2 Å². The molecule has 0 spiro atoms. The van der Waals surface area contributed by atoms with Crippen molar-refractivity contribution in [3.8, 4) is 22.3 Å². The molecule has 0 atom stereocenters. The molecule has 0 aliphatic carbocycles. The summed E-state index contributed by atoms with van der Waals surface area (Å²) < 4.78 is 45.8. The SMILES string of the molecule is Cc1nc2c(-c3cccnc3C(F)(F)F)cc(-c3c(C)noc3C)cc2[nH]1. The molecular weight excluding hydrogens is 357 g/mol. The predicted molar refractivity (Wildman–Crippen MR) is 94.0 cm³/mol. The molecule has 4 rings (SSSR count). The van der Waals surface area contributed by atoms with Crippen LogP contribution in [0, 0.1) is 20.8 Å². The van der Waals surface area contributed by atoms with E-state index in [1.165, 1.54) is 12.1 Å². The monoisotopic (exact) mass is 372 g/mol. The Labute approximate surface area is 152 Å². The van der Waals surface area contributed by atoms with Crippen LogP contribution in [0.4, 0.5) is 13.2 Å². The van der Waals surface area contributed by atoms with Crippen molar-refractivity contribution in [1.82, 2.24) is 20.1 Å². The van der Waals surface area contributed by atoms with Crippen LogP contribution in [-0.4, -0.2) is 20.1 Å². The molecule has 4 aromatic rings. The maximum atomic E-state index is 13.5. The first kappa shape index (κ1) is 17.3. The average Bonchev–Trinajstić information content (AvgIpc) is 3.14. The van der Waals surface area contributed by atoms with Crippen molar-refractivity contribution in [2.45, 2.75) is 26.9 Å².